The minimum atomic E-state index is -0.285. The maximum Gasteiger partial charge on any atom is 0.255 e. The highest BCUT2D eigenvalue weighted by Gasteiger charge is 2.20. The van der Waals surface area contributed by atoms with Crippen molar-refractivity contribution in [1.82, 2.24) is 39.9 Å². The molecule has 0 aliphatic carbocycles. The molecule has 6 N–H and O–H groups in total. The van der Waals surface area contributed by atoms with Crippen molar-refractivity contribution in [3.05, 3.63) is 96.1 Å². The minimum absolute atomic E-state index is 0.0260. The summed E-state index contributed by atoms with van der Waals surface area (Å²) in [4.78, 5) is 30.3. The number of aromatic hydroxyl groups is 1. The first kappa shape index (κ1) is 27.4. The number of aryl methyl sites for hydroxylation is 1. The summed E-state index contributed by atoms with van der Waals surface area (Å²) in [6, 6.07) is 20.6. The van der Waals surface area contributed by atoms with Crippen LogP contribution in [0, 0.1) is 12.8 Å². The Labute approximate surface area is 247 Å². The van der Waals surface area contributed by atoms with Crippen molar-refractivity contribution in [2.24, 2.45) is 5.92 Å². The number of hydrogen-bond donors (Lipinski definition) is 5. The molecule has 4 heterocycles. The number of imidazole rings is 1. The number of benzene rings is 2. The third-order valence-corrected chi connectivity index (χ3v) is 6.97. The van der Waals surface area contributed by atoms with Gasteiger partial charge in [0, 0.05) is 25.0 Å². The van der Waals surface area contributed by atoms with Crippen LogP contribution in [0.15, 0.2) is 79.1 Å². The zero-order valence-electron chi connectivity index (χ0n) is 23.6. The highest BCUT2D eigenvalue weighted by molar-refractivity contribution is 5.96. The van der Waals surface area contributed by atoms with E-state index < -0.39 is 0 Å². The van der Waals surface area contributed by atoms with Crippen LogP contribution in [0.3, 0.4) is 0 Å². The number of pyridine rings is 1. The summed E-state index contributed by atoms with van der Waals surface area (Å²) in [5.74, 6) is 2.05. The van der Waals surface area contributed by atoms with Crippen molar-refractivity contribution in [3.8, 4) is 28.4 Å². The fourth-order valence-electron chi connectivity index (χ4n) is 4.91. The summed E-state index contributed by atoms with van der Waals surface area (Å²) in [6.45, 7) is 4.34. The lowest BCUT2D eigenvalue weighted by Crippen LogP contribution is -2.29. The van der Waals surface area contributed by atoms with Gasteiger partial charge < -0.3 is 21.5 Å². The molecule has 12 nitrogen and oxygen atoms in total. The molecule has 0 bridgehead atoms. The number of phenolic OH excluding ortho intramolecular Hbond substituents is 1. The second kappa shape index (κ2) is 11.6. The largest absolute Gasteiger partial charge is 0.507 e. The molecule has 1 amide bonds. The van der Waals surface area contributed by atoms with Gasteiger partial charge in [0.1, 0.15) is 22.9 Å². The molecular formula is C31H30N10O2. The first-order valence-electron chi connectivity index (χ1n) is 13.8. The molecule has 1 atom stereocenters. The molecule has 0 saturated carbocycles. The Morgan fingerprint density at radius 1 is 1.00 bits per heavy atom. The van der Waals surface area contributed by atoms with Crippen LogP contribution in [-0.2, 0) is 6.42 Å². The molecule has 6 aromatic rings. The molecule has 0 fully saturated rings. The highest BCUT2D eigenvalue weighted by atomic mass is 16.3. The van der Waals surface area contributed by atoms with Crippen molar-refractivity contribution in [1.29, 1.82) is 0 Å². The summed E-state index contributed by atoms with van der Waals surface area (Å²) >= 11 is 0. The van der Waals surface area contributed by atoms with Crippen molar-refractivity contribution >= 4 is 29.1 Å². The van der Waals surface area contributed by atoms with Crippen LogP contribution in [-0.4, -0.2) is 52.1 Å². The van der Waals surface area contributed by atoms with Gasteiger partial charge in [-0.25, -0.2) is 9.97 Å². The van der Waals surface area contributed by atoms with Crippen molar-refractivity contribution < 1.29 is 9.90 Å². The molecule has 0 saturated heterocycles. The first-order valence-corrected chi connectivity index (χ1v) is 13.8. The zero-order chi connectivity index (χ0) is 29.9. The maximum absolute atomic E-state index is 12.4. The topological polar surface area (TPSA) is 172 Å². The Morgan fingerprint density at radius 3 is 2.53 bits per heavy atom. The van der Waals surface area contributed by atoms with Crippen molar-refractivity contribution in [3.63, 3.8) is 0 Å². The van der Waals surface area contributed by atoms with Gasteiger partial charge in [-0.3, -0.25) is 14.3 Å². The van der Waals surface area contributed by atoms with Crippen LogP contribution in [0.4, 0.5) is 17.6 Å². The third kappa shape index (κ3) is 5.98. The molecular weight excluding hydrogens is 544 g/mol. The number of aromatic amines is 1. The minimum Gasteiger partial charge on any atom is -0.507 e. The van der Waals surface area contributed by atoms with Crippen LogP contribution in [0.1, 0.15) is 28.7 Å². The number of carbonyl (C=O) groups excluding carboxylic acids is 1. The second-order valence-corrected chi connectivity index (χ2v) is 10.3. The summed E-state index contributed by atoms with van der Waals surface area (Å²) in [6.07, 6.45) is 4.50. The van der Waals surface area contributed by atoms with Gasteiger partial charge >= 0.3 is 0 Å². The zero-order valence-corrected chi connectivity index (χ0v) is 23.6. The van der Waals surface area contributed by atoms with Gasteiger partial charge in [0.25, 0.3) is 5.91 Å². The van der Waals surface area contributed by atoms with E-state index in [4.69, 9.17) is 10.7 Å². The average Bonchev–Trinajstić information content (AvgIpc) is 3.63. The van der Waals surface area contributed by atoms with Gasteiger partial charge in [-0.2, -0.15) is 15.1 Å². The Balaban J connectivity index is 1.23. The van der Waals surface area contributed by atoms with Crippen molar-refractivity contribution in [2.45, 2.75) is 20.3 Å². The SMILES string of the molecule is Cc1nc(N)nc(-c2c(Nc3cc[nH]n3)nc3ccc(-c4ccc(CC(C)CNC(=O)c5ccccc5O)cc4)cn23)n1. The average molecular weight is 575 g/mol. The fourth-order valence-corrected chi connectivity index (χ4v) is 4.91. The van der Waals surface area contributed by atoms with E-state index in [1.165, 1.54) is 6.07 Å². The lowest BCUT2D eigenvalue weighted by molar-refractivity contribution is 0.0945. The van der Waals surface area contributed by atoms with E-state index >= 15 is 0 Å². The van der Waals surface area contributed by atoms with Crippen LogP contribution in [0.2, 0.25) is 0 Å². The molecule has 4 aromatic heterocycles. The number of nitrogens with zero attached hydrogens (tertiary/aromatic N) is 6. The van der Waals surface area contributed by atoms with Gasteiger partial charge in [0.2, 0.25) is 5.95 Å². The standard InChI is InChI=1S/C31H30N10O2/c1-18(16-33-30(43)23-5-3-4-6-24(23)42)15-20-7-9-21(10-8-20)22-11-12-26-38-29(37-25-13-14-34-40-25)27(41(26)17-22)28-35-19(2)36-31(32)39-28/h3-14,17-18,42H,15-16H2,1-2H3,(H,33,43)(H2,34,37,40)(H2,32,35,36,39). The summed E-state index contributed by atoms with van der Waals surface area (Å²) in [5.41, 5.74) is 10.7. The first-order chi connectivity index (χ1) is 20.8. The van der Waals surface area contributed by atoms with Gasteiger partial charge in [-0.15, -0.1) is 0 Å². The fraction of sp³-hybridized carbons (Fsp3) is 0.161. The molecule has 0 aliphatic rings. The predicted molar refractivity (Wildman–Crippen MR) is 164 cm³/mol. The normalized spacial score (nSPS) is 11.9. The van der Waals surface area contributed by atoms with E-state index in [0.29, 0.717) is 41.2 Å². The lowest BCUT2D eigenvalue weighted by Gasteiger charge is -2.14. The van der Waals surface area contributed by atoms with E-state index in [1.54, 1.807) is 37.4 Å². The van der Waals surface area contributed by atoms with Crippen LogP contribution in [0.25, 0.3) is 28.3 Å². The highest BCUT2D eigenvalue weighted by Crippen LogP contribution is 2.31. The van der Waals surface area contributed by atoms with Crippen LogP contribution in [0.5, 0.6) is 5.75 Å². The Kier molecular flexibility index (Phi) is 7.39. The number of phenols is 1. The summed E-state index contributed by atoms with van der Waals surface area (Å²) in [5, 5.41) is 23.1. The predicted octanol–water partition coefficient (Wildman–Crippen LogP) is 4.52. The number of H-pyrrole nitrogens is 1. The smallest absolute Gasteiger partial charge is 0.255 e. The quantitative estimate of drug-likeness (QED) is 0.166. The number of anilines is 3. The number of nitrogens with one attached hydrogen (secondary N) is 3. The Bertz CT molecular complexity index is 1880. The number of hydrogen-bond acceptors (Lipinski definition) is 9. The number of nitrogens with two attached hydrogens (primary N) is 1. The molecule has 0 radical (unpaired) electrons. The van der Waals surface area contributed by atoms with Gasteiger partial charge in [0.05, 0.1) is 5.56 Å². The third-order valence-electron chi connectivity index (χ3n) is 6.97. The van der Waals surface area contributed by atoms with Crippen molar-refractivity contribution in [2.75, 3.05) is 17.6 Å². The molecule has 12 heteroatoms. The van der Waals surface area contributed by atoms with Crippen LogP contribution >= 0.6 is 0 Å². The number of aromatic nitrogens is 7. The lowest BCUT2D eigenvalue weighted by atomic mass is 9.98. The maximum atomic E-state index is 12.4. The summed E-state index contributed by atoms with van der Waals surface area (Å²) in [7, 11) is 0. The molecule has 216 valence electrons. The molecule has 6 rings (SSSR count). The number of para-hydroxylation sites is 1. The molecule has 0 aliphatic heterocycles. The Morgan fingerprint density at radius 2 is 1.79 bits per heavy atom. The Hall–Kier alpha value is -5.78. The second-order valence-electron chi connectivity index (χ2n) is 10.3. The molecule has 1 unspecified atom stereocenters. The molecule has 2 aromatic carbocycles. The van der Waals surface area contributed by atoms with E-state index in [1.807, 2.05) is 22.7 Å². The number of fused-ring (bicyclic) bond motifs is 1. The summed E-state index contributed by atoms with van der Waals surface area (Å²) < 4.78 is 1.93. The van der Waals surface area contributed by atoms with E-state index in [-0.39, 0.29) is 29.1 Å². The van der Waals surface area contributed by atoms with Gasteiger partial charge in [-0.1, -0.05) is 43.3 Å². The van der Waals surface area contributed by atoms with Crippen LogP contribution < -0.4 is 16.4 Å². The molecule has 43 heavy (non-hydrogen) atoms. The van der Waals surface area contributed by atoms with E-state index in [9.17, 15) is 9.90 Å². The monoisotopic (exact) mass is 574 g/mol. The van der Waals surface area contributed by atoms with Gasteiger partial charge in [0.15, 0.2) is 17.5 Å². The van der Waals surface area contributed by atoms with Gasteiger partial charge in [-0.05, 0) is 60.2 Å². The van der Waals surface area contributed by atoms with E-state index in [0.717, 1.165) is 23.1 Å². The molecule has 0 spiro atoms. The van der Waals surface area contributed by atoms with E-state index in [2.05, 4.69) is 67.0 Å². The number of nitrogen functional groups attached to an aromatic ring is 1. The number of carbonyl (C=O) groups is 1. The number of amides is 1. The number of rotatable bonds is 9.